The van der Waals surface area contributed by atoms with E-state index in [-0.39, 0.29) is 5.91 Å². The number of likely N-dealkylation sites (N-methyl/N-ethyl adjacent to an activating group) is 1. The Kier molecular flexibility index (Phi) is 5.45. The molecule has 0 saturated heterocycles. The highest BCUT2D eigenvalue weighted by Crippen LogP contribution is 2.16. The Morgan fingerprint density at radius 2 is 2.18 bits per heavy atom. The zero-order valence-corrected chi connectivity index (χ0v) is 10.3. The number of methoxy groups -OCH3 is 1. The third-order valence-corrected chi connectivity index (χ3v) is 2.33. The van der Waals surface area contributed by atoms with Crippen molar-refractivity contribution in [2.75, 3.05) is 44.9 Å². The second kappa shape index (κ2) is 6.88. The molecule has 0 bridgehead atoms. The highest BCUT2D eigenvalue weighted by molar-refractivity contribution is 5.95. The molecule has 0 spiro atoms. The van der Waals surface area contributed by atoms with Gasteiger partial charge in [0.2, 0.25) is 5.91 Å². The number of benzene rings is 1. The van der Waals surface area contributed by atoms with Crippen molar-refractivity contribution in [2.24, 2.45) is 0 Å². The van der Waals surface area contributed by atoms with E-state index in [4.69, 9.17) is 10.5 Å². The van der Waals surface area contributed by atoms with Crippen molar-refractivity contribution in [3.8, 4) is 0 Å². The molecule has 1 rings (SSSR count). The molecule has 3 N–H and O–H groups in total. The van der Waals surface area contributed by atoms with E-state index < -0.39 is 0 Å². The SMILES string of the molecule is COCCN(C)CC(=O)Nc1ccccc1N. The fraction of sp³-hybridized carbons (Fsp3) is 0.417. The number of nitrogens with one attached hydrogen (secondary N) is 1. The number of carbonyl (C=O) groups is 1. The smallest absolute Gasteiger partial charge is 0.238 e. The van der Waals surface area contributed by atoms with Crippen LogP contribution in [0.2, 0.25) is 0 Å². The van der Waals surface area contributed by atoms with Crippen LogP contribution in [0.3, 0.4) is 0 Å². The molecule has 0 saturated carbocycles. The van der Waals surface area contributed by atoms with Gasteiger partial charge in [-0.1, -0.05) is 12.1 Å². The summed E-state index contributed by atoms with van der Waals surface area (Å²) >= 11 is 0. The quantitative estimate of drug-likeness (QED) is 0.718. The Morgan fingerprint density at radius 3 is 2.82 bits per heavy atom. The van der Waals surface area contributed by atoms with Crippen LogP contribution in [0.5, 0.6) is 0 Å². The molecule has 17 heavy (non-hydrogen) atoms. The fourth-order valence-corrected chi connectivity index (χ4v) is 1.37. The average Bonchev–Trinajstić information content (AvgIpc) is 2.29. The summed E-state index contributed by atoms with van der Waals surface area (Å²) in [4.78, 5) is 13.6. The summed E-state index contributed by atoms with van der Waals surface area (Å²) in [7, 11) is 3.51. The minimum Gasteiger partial charge on any atom is -0.397 e. The van der Waals surface area contributed by atoms with E-state index in [2.05, 4.69) is 5.32 Å². The number of nitrogens with zero attached hydrogens (tertiary/aromatic N) is 1. The summed E-state index contributed by atoms with van der Waals surface area (Å²) in [6, 6.07) is 7.20. The lowest BCUT2D eigenvalue weighted by molar-refractivity contribution is -0.117. The second-order valence-corrected chi connectivity index (χ2v) is 3.87. The summed E-state index contributed by atoms with van der Waals surface area (Å²) in [6.45, 7) is 1.64. The van der Waals surface area contributed by atoms with Gasteiger partial charge in [0.1, 0.15) is 0 Å². The topological polar surface area (TPSA) is 67.6 Å². The molecule has 0 heterocycles. The Hall–Kier alpha value is -1.59. The van der Waals surface area contributed by atoms with Crippen LogP contribution in [-0.2, 0) is 9.53 Å². The lowest BCUT2D eigenvalue weighted by atomic mass is 10.2. The first kappa shape index (κ1) is 13.5. The van der Waals surface area contributed by atoms with Gasteiger partial charge >= 0.3 is 0 Å². The van der Waals surface area contributed by atoms with Gasteiger partial charge in [-0.25, -0.2) is 0 Å². The lowest BCUT2D eigenvalue weighted by Crippen LogP contribution is -2.32. The Balaban J connectivity index is 2.42. The molecule has 0 radical (unpaired) electrons. The maximum Gasteiger partial charge on any atom is 0.238 e. The van der Waals surface area contributed by atoms with Crippen molar-refractivity contribution < 1.29 is 9.53 Å². The largest absolute Gasteiger partial charge is 0.397 e. The number of rotatable bonds is 6. The highest BCUT2D eigenvalue weighted by Gasteiger charge is 2.07. The molecular weight excluding hydrogens is 218 g/mol. The predicted molar refractivity (Wildman–Crippen MR) is 68.9 cm³/mol. The van der Waals surface area contributed by atoms with Crippen LogP contribution in [0.25, 0.3) is 0 Å². The molecular formula is C12H19N3O2. The van der Waals surface area contributed by atoms with Gasteiger partial charge in [0, 0.05) is 13.7 Å². The summed E-state index contributed by atoms with van der Waals surface area (Å²) in [5, 5.41) is 2.77. The van der Waals surface area contributed by atoms with Crippen molar-refractivity contribution in [1.29, 1.82) is 0 Å². The van der Waals surface area contributed by atoms with Crippen LogP contribution >= 0.6 is 0 Å². The van der Waals surface area contributed by atoms with Gasteiger partial charge in [0.25, 0.3) is 0 Å². The van der Waals surface area contributed by atoms with E-state index >= 15 is 0 Å². The first-order chi connectivity index (χ1) is 8.13. The average molecular weight is 237 g/mol. The molecule has 0 unspecified atom stereocenters. The number of hydrogen-bond donors (Lipinski definition) is 2. The maximum absolute atomic E-state index is 11.7. The van der Waals surface area contributed by atoms with E-state index in [9.17, 15) is 4.79 Å². The Bertz CT molecular complexity index is 369. The minimum absolute atomic E-state index is 0.0819. The lowest BCUT2D eigenvalue weighted by Gasteiger charge is -2.16. The molecule has 0 atom stereocenters. The van der Waals surface area contributed by atoms with E-state index in [1.54, 1.807) is 19.2 Å². The number of anilines is 2. The van der Waals surface area contributed by atoms with Crippen LogP contribution in [0.15, 0.2) is 24.3 Å². The maximum atomic E-state index is 11.7. The minimum atomic E-state index is -0.0819. The van der Waals surface area contributed by atoms with E-state index in [1.807, 2.05) is 24.1 Å². The van der Waals surface area contributed by atoms with Gasteiger partial charge in [-0.15, -0.1) is 0 Å². The predicted octanol–water partition coefficient (Wildman–Crippen LogP) is 0.785. The van der Waals surface area contributed by atoms with E-state index in [0.29, 0.717) is 31.1 Å². The molecule has 0 aliphatic heterocycles. The second-order valence-electron chi connectivity index (χ2n) is 3.87. The molecule has 94 valence electrons. The summed E-state index contributed by atoms with van der Waals surface area (Å²) < 4.78 is 4.94. The molecule has 0 aromatic heterocycles. The summed E-state index contributed by atoms with van der Waals surface area (Å²) in [5.41, 5.74) is 6.95. The molecule has 1 amide bonds. The Labute approximate surface area is 102 Å². The van der Waals surface area contributed by atoms with Crippen LogP contribution < -0.4 is 11.1 Å². The van der Waals surface area contributed by atoms with Crippen LogP contribution in [-0.4, -0.2) is 44.7 Å². The van der Waals surface area contributed by atoms with Crippen molar-refractivity contribution >= 4 is 17.3 Å². The van der Waals surface area contributed by atoms with Crippen molar-refractivity contribution in [2.45, 2.75) is 0 Å². The number of carbonyl (C=O) groups excluding carboxylic acids is 1. The third-order valence-electron chi connectivity index (χ3n) is 2.33. The normalized spacial score (nSPS) is 10.5. The van der Waals surface area contributed by atoms with Gasteiger partial charge in [-0.05, 0) is 19.2 Å². The number of ether oxygens (including phenoxy) is 1. The van der Waals surface area contributed by atoms with Crippen molar-refractivity contribution in [1.82, 2.24) is 4.90 Å². The van der Waals surface area contributed by atoms with Crippen molar-refractivity contribution in [3.63, 3.8) is 0 Å². The molecule has 1 aromatic carbocycles. The van der Waals surface area contributed by atoms with Gasteiger partial charge in [0.15, 0.2) is 0 Å². The molecule has 0 aliphatic rings. The van der Waals surface area contributed by atoms with E-state index in [0.717, 1.165) is 0 Å². The molecule has 0 fully saturated rings. The first-order valence-corrected chi connectivity index (χ1v) is 5.45. The monoisotopic (exact) mass is 237 g/mol. The third kappa shape index (κ3) is 4.84. The van der Waals surface area contributed by atoms with Crippen LogP contribution in [0, 0.1) is 0 Å². The van der Waals surface area contributed by atoms with Gasteiger partial charge in [-0.3, -0.25) is 9.69 Å². The zero-order chi connectivity index (χ0) is 12.7. The van der Waals surface area contributed by atoms with Crippen LogP contribution in [0.4, 0.5) is 11.4 Å². The van der Waals surface area contributed by atoms with Gasteiger partial charge < -0.3 is 15.8 Å². The molecule has 0 aliphatic carbocycles. The molecule has 5 nitrogen and oxygen atoms in total. The summed E-state index contributed by atoms with van der Waals surface area (Å²) in [6.07, 6.45) is 0. The number of hydrogen-bond acceptors (Lipinski definition) is 4. The summed E-state index contributed by atoms with van der Waals surface area (Å²) in [5.74, 6) is -0.0819. The highest BCUT2D eigenvalue weighted by atomic mass is 16.5. The van der Waals surface area contributed by atoms with Crippen LogP contribution in [0.1, 0.15) is 0 Å². The van der Waals surface area contributed by atoms with Crippen molar-refractivity contribution in [3.05, 3.63) is 24.3 Å². The number of nitrogen functional groups attached to an aromatic ring is 1. The number of amides is 1. The molecule has 1 aromatic rings. The van der Waals surface area contributed by atoms with Gasteiger partial charge in [-0.2, -0.15) is 0 Å². The number of para-hydroxylation sites is 2. The standard InChI is InChI=1S/C12H19N3O2/c1-15(7-8-17-2)9-12(16)14-11-6-4-3-5-10(11)13/h3-6H,7-9,13H2,1-2H3,(H,14,16). The number of nitrogens with two attached hydrogens (primary N) is 1. The molecule has 5 heteroatoms. The fourth-order valence-electron chi connectivity index (χ4n) is 1.37. The first-order valence-electron chi connectivity index (χ1n) is 5.45. The van der Waals surface area contributed by atoms with Gasteiger partial charge in [0.05, 0.1) is 24.5 Å². The zero-order valence-electron chi connectivity index (χ0n) is 10.3. The Morgan fingerprint density at radius 1 is 1.47 bits per heavy atom. The van der Waals surface area contributed by atoms with E-state index in [1.165, 1.54) is 0 Å².